The van der Waals surface area contributed by atoms with E-state index in [1.165, 1.54) is 6.20 Å². The number of hydrogen-bond acceptors (Lipinski definition) is 4. The Morgan fingerprint density at radius 3 is 2.67 bits per heavy atom. The van der Waals surface area contributed by atoms with Crippen LogP contribution < -0.4 is 5.32 Å². The van der Waals surface area contributed by atoms with E-state index in [0.717, 1.165) is 0 Å². The number of aromatic nitrogens is 2. The van der Waals surface area contributed by atoms with Gasteiger partial charge in [0.15, 0.2) is 0 Å². The van der Waals surface area contributed by atoms with Crippen molar-refractivity contribution in [3.8, 4) is 0 Å². The molecule has 0 atom stereocenters. The smallest absolute Gasteiger partial charge is 0.412 e. The zero-order valence-electron chi connectivity index (χ0n) is 9.37. The van der Waals surface area contributed by atoms with Gasteiger partial charge in [-0.05, 0) is 33.8 Å². The summed E-state index contributed by atoms with van der Waals surface area (Å²) in [6.07, 6.45) is 1.03. The number of carbonyl (C=O) groups excluding carboxylic acids is 1. The highest BCUT2D eigenvalue weighted by atomic mass is 16.6. The molecule has 5 nitrogen and oxygen atoms in total. The van der Waals surface area contributed by atoms with E-state index in [4.69, 9.17) is 4.74 Å². The van der Waals surface area contributed by atoms with Crippen molar-refractivity contribution in [2.24, 2.45) is 0 Å². The Morgan fingerprint density at radius 2 is 2.13 bits per heavy atom. The highest BCUT2D eigenvalue weighted by molar-refractivity contribution is 5.85. The molecule has 1 N–H and O–H groups in total. The summed E-state index contributed by atoms with van der Waals surface area (Å²) in [6.45, 7) is 7.19. The van der Waals surface area contributed by atoms with E-state index in [1.807, 2.05) is 20.8 Å². The molecule has 1 rings (SSSR count). The zero-order valence-corrected chi connectivity index (χ0v) is 9.37. The molecule has 5 heteroatoms. The molecule has 1 heterocycles. The number of rotatable bonds is 1. The first-order valence-electron chi connectivity index (χ1n) is 4.67. The van der Waals surface area contributed by atoms with Gasteiger partial charge < -0.3 is 4.74 Å². The summed E-state index contributed by atoms with van der Waals surface area (Å²) in [6, 6.07) is 1.67. The van der Waals surface area contributed by atoms with Crippen molar-refractivity contribution in [1.29, 1.82) is 0 Å². The zero-order chi connectivity index (χ0) is 11.5. The van der Waals surface area contributed by atoms with Gasteiger partial charge in [-0.1, -0.05) is 0 Å². The Labute approximate surface area is 88.9 Å². The van der Waals surface area contributed by atoms with E-state index in [9.17, 15) is 4.79 Å². The van der Waals surface area contributed by atoms with Crippen molar-refractivity contribution in [2.45, 2.75) is 33.3 Å². The Bertz CT molecular complexity index is 358. The molecular weight excluding hydrogens is 194 g/mol. The van der Waals surface area contributed by atoms with Crippen LogP contribution in [0, 0.1) is 6.92 Å². The van der Waals surface area contributed by atoms with Crippen LogP contribution in [0.1, 0.15) is 26.5 Å². The van der Waals surface area contributed by atoms with Crippen molar-refractivity contribution in [3.63, 3.8) is 0 Å². The molecule has 0 radical (unpaired) electrons. The fraction of sp³-hybridized carbons (Fsp3) is 0.500. The van der Waals surface area contributed by atoms with Gasteiger partial charge in [0.1, 0.15) is 5.60 Å². The third-order valence-electron chi connectivity index (χ3n) is 1.54. The molecule has 1 amide bonds. The van der Waals surface area contributed by atoms with Crippen molar-refractivity contribution < 1.29 is 9.53 Å². The summed E-state index contributed by atoms with van der Waals surface area (Å²) in [4.78, 5) is 11.4. The van der Waals surface area contributed by atoms with Gasteiger partial charge in [0.05, 0.1) is 17.6 Å². The Hall–Kier alpha value is -1.65. The highest BCUT2D eigenvalue weighted by Gasteiger charge is 2.16. The summed E-state index contributed by atoms with van der Waals surface area (Å²) < 4.78 is 5.10. The molecule has 82 valence electrons. The van der Waals surface area contributed by atoms with Crippen molar-refractivity contribution in [1.82, 2.24) is 10.2 Å². The molecule has 0 spiro atoms. The fourth-order valence-electron chi connectivity index (χ4n) is 0.948. The van der Waals surface area contributed by atoms with E-state index in [0.29, 0.717) is 11.4 Å². The summed E-state index contributed by atoms with van der Waals surface area (Å²) in [5, 5.41) is 10.1. The van der Waals surface area contributed by atoms with Crippen LogP contribution in [0.25, 0.3) is 0 Å². The Morgan fingerprint density at radius 1 is 1.47 bits per heavy atom. The van der Waals surface area contributed by atoms with Gasteiger partial charge in [0.25, 0.3) is 0 Å². The molecule has 15 heavy (non-hydrogen) atoms. The number of aryl methyl sites for hydroxylation is 1. The molecule has 0 saturated carbocycles. The van der Waals surface area contributed by atoms with E-state index < -0.39 is 11.7 Å². The average molecular weight is 209 g/mol. The third-order valence-corrected chi connectivity index (χ3v) is 1.54. The topological polar surface area (TPSA) is 64.1 Å². The monoisotopic (exact) mass is 209 g/mol. The van der Waals surface area contributed by atoms with Gasteiger partial charge in [-0.15, -0.1) is 0 Å². The lowest BCUT2D eigenvalue weighted by Crippen LogP contribution is -2.27. The molecule has 0 saturated heterocycles. The molecule has 1 aromatic heterocycles. The quantitative estimate of drug-likeness (QED) is 0.769. The minimum Gasteiger partial charge on any atom is -0.444 e. The van der Waals surface area contributed by atoms with Gasteiger partial charge in [0.2, 0.25) is 0 Å². The molecular formula is C10H15N3O2. The fourth-order valence-corrected chi connectivity index (χ4v) is 0.948. The molecule has 0 unspecified atom stereocenters. The molecule has 0 aromatic carbocycles. The van der Waals surface area contributed by atoms with Crippen LogP contribution >= 0.6 is 0 Å². The van der Waals surface area contributed by atoms with E-state index in [2.05, 4.69) is 15.5 Å². The lowest BCUT2D eigenvalue weighted by Gasteiger charge is -2.19. The third kappa shape index (κ3) is 3.93. The summed E-state index contributed by atoms with van der Waals surface area (Å²) in [5.74, 6) is 0. The molecule has 0 aliphatic rings. The van der Waals surface area contributed by atoms with Crippen molar-refractivity contribution >= 4 is 11.8 Å². The normalized spacial score (nSPS) is 10.9. The molecule has 0 aliphatic heterocycles. The molecule has 0 aliphatic carbocycles. The Kier molecular flexibility index (Phi) is 3.24. The van der Waals surface area contributed by atoms with E-state index in [-0.39, 0.29) is 0 Å². The number of amides is 1. The maximum atomic E-state index is 11.4. The van der Waals surface area contributed by atoms with Crippen LogP contribution in [0.3, 0.4) is 0 Å². The second-order valence-corrected chi connectivity index (χ2v) is 4.16. The van der Waals surface area contributed by atoms with Gasteiger partial charge in [-0.2, -0.15) is 10.2 Å². The SMILES string of the molecule is Cc1nnccc1NC(=O)OC(C)(C)C. The maximum Gasteiger partial charge on any atom is 0.412 e. The van der Waals surface area contributed by atoms with Gasteiger partial charge in [0, 0.05) is 0 Å². The predicted octanol–water partition coefficient (Wildman–Crippen LogP) is 2.13. The van der Waals surface area contributed by atoms with Gasteiger partial charge >= 0.3 is 6.09 Å². The van der Waals surface area contributed by atoms with Crippen molar-refractivity contribution in [2.75, 3.05) is 5.32 Å². The number of ether oxygens (including phenoxy) is 1. The molecule has 1 aromatic rings. The average Bonchev–Trinajstić information content (AvgIpc) is 2.05. The number of nitrogens with zero attached hydrogens (tertiary/aromatic N) is 2. The van der Waals surface area contributed by atoms with Crippen LogP contribution in [0.5, 0.6) is 0 Å². The number of anilines is 1. The summed E-state index contributed by atoms with van der Waals surface area (Å²) in [5.41, 5.74) is 0.765. The first-order valence-corrected chi connectivity index (χ1v) is 4.67. The summed E-state index contributed by atoms with van der Waals surface area (Å²) in [7, 11) is 0. The number of carbonyl (C=O) groups is 1. The first-order chi connectivity index (χ1) is 6.88. The second kappa shape index (κ2) is 4.25. The Balaban J connectivity index is 2.64. The lowest BCUT2D eigenvalue weighted by molar-refractivity contribution is 0.0635. The largest absolute Gasteiger partial charge is 0.444 e. The lowest BCUT2D eigenvalue weighted by atomic mass is 10.2. The summed E-state index contributed by atoms with van der Waals surface area (Å²) >= 11 is 0. The number of hydrogen-bond donors (Lipinski definition) is 1. The van der Waals surface area contributed by atoms with Crippen LogP contribution in [0.4, 0.5) is 10.5 Å². The van der Waals surface area contributed by atoms with Gasteiger partial charge in [-0.3, -0.25) is 5.32 Å². The van der Waals surface area contributed by atoms with Gasteiger partial charge in [-0.25, -0.2) is 4.79 Å². The van der Waals surface area contributed by atoms with Crippen LogP contribution in [0.15, 0.2) is 12.3 Å². The van der Waals surface area contributed by atoms with E-state index >= 15 is 0 Å². The predicted molar refractivity (Wildman–Crippen MR) is 56.6 cm³/mol. The minimum absolute atomic E-state index is 0.487. The van der Waals surface area contributed by atoms with Crippen LogP contribution in [0.2, 0.25) is 0 Å². The van der Waals surface area contributed by atoms with E-state index in [1.54, 1.807) is 13.0 Å². The number of nitrogens with one attached hydrogen (secondary N) is 1. The second-order valence-electron chi connectivity index (χ2n) is 4.16. The van der Waals surface area contributed by atoms with Crippen LogP contribution in [-0.2, 0) is 4.74 Å². The molecule has 0 fully saturated rings. The minimum atomic E-state index is -0.502. The first kappa shape index (κ1) is 11.4. The standard InChI is InChI=1S/C10H15N3O2/c1-7-8(5-6-11-13-7)12-9(14)15-10(2,3)4/h5-6H,1-4H3,(H,11,12,14). The van der Waals surface area contributed by atoms with Crippen LogP contribution in [-0.4, -0.2) is 21.9 Å². The maximum absolute atomic E-state index is 11.4. The highest BCUT2D eigenvalue weighted by Crippen LogP contribution is 2.12. The molecule has 0 bridgehead atoms. The van der Waals surface area contributed by atoms with Crippen molar-refractivity contribution in [3.05, 3.63) is 18.0 Å².